The van der Waals surface area contributed by atoms with Gasteiger partial charge in [0, 0.05) is 12.2 Å². The number of carbonyl (C=O) groups is 1. The minimum atomic E-state index is -0.327. The maximum Gasteiger partial charge on any atom is 0.340 e. The highest BCUT2D eigenvalue weighted by Crippen LogP contribution is 2.27. The van der Waals surface area contributed by atoms with Crippen molar-refractivity contribution < 1.29 is 14.6 Å². The summed E-state index contributed by atoms with van der Waals surface area (Å²) in [6, 6.07) is 0.276. The number of esters is 1. The van der Waals surface area contributed by atoms with E-state index in [1.54, 1.807) is 17.6 Å². The van der Waals surface area contributed by atoms with E-state index in [0.717, 1.165) is 42.6 Å². The minimum absolute atomic E-state index is 0.191. The summed E-state index contributed by atoms with van der Waals surface area (Å²) >= 11 is 0. The first-order valence-corrected chi connectivity index (χ1v) is 8.61. The summed E-state index contributed by atoms with van der Waals surface area (Å²) in [5, 5.41) is 17.4. The lowest BCUT2D eigenvalue weighted by Gasteiger charge is -2.26. The molecule has 24 heavy (non-hydrogen) atoms. The zero-order valence-electron chi connectivity index (χ0n) is 14.2. The molecular formula is C17H24N4O3. The molecule has 1 fully saturated rings. The van der Waals surface area contributed by atoms with E-state index in [1.165, 1.54) is 6.33 Å². The fourth-order valence-electron chi connectivity index (χ4n) is 3.34. The first kappa shape index (κ1) is 16.7. The van der Waals surface area contributed by atoms with Crippen LogP contribution in [0.25, 0.3) is 5.52 Å². The maximum absolute atomic E-state index is 12.2. The van der Waals surface area contributed by atoms with Gasteiger partial charge >= 0.3 is 5.97 Å². The first-order valence-electron chi connectivity index (χ1n) is 8.61. The molecule has 0 radical (unpaired) electrons. The number of aliphatic hydroxyl groups is 1. The van der Waals surface area contributed by atoms with Crippen molar-refractivity contribution in [3.63, 3.8) is 0 Å². The van der Waals surface area contributed by atoms with Gasteiger partial charge < -0.3 is 15.2 Å². The monoisotopic (exact) mass is 332 g/mol. The van der Waals surface area contributed by atoms with E-state index in [0.29, 0.717) is 18.6 Å². The van der Waals surface area contributed by atoms with Gasteiger partial charge in [0.25, 0.3) is 0 Å². The van der Waals surface area contributed by atoms with Crippen LogP contribution in [0.15, 0.2) is 12.5 Å². The molecule has 2 N–H and O–H groups in total. The molecule has 1 aliphatic rings. The third-order valence-corrected chi connectivity index (χ3v) is 4.57. The third-order valence-electron chi connectivity index (χ3n) is 4.57. The Morgan fingerprint density at radius 1 is 1.38 bits per heavy atom. The van der Waals surface area contributed by atoms with Gasteiger partial charge in [0.05, 0.1) is 18.3 Å². The predicted molar refractivity (Wildman–Crippen MR) is 90.2 cm³/mol. The minimum Gasteiger partial charge on any atom is -0.462 e. The lowest BCUT2D eigenvalue weighted by Crippen LogP contribution is -2.28. The second-order valence-electron chi connectivity index (χ2n) is 6.15. The average Bonchev–Trinajstić information content (AvgIpc) is 2.97. The quantitative estimate of drug-likeness (QED) is 0.816. The van der Waals surface area contributed by atoms with E-state index < -0.39 is 0 Å². The summed E-state index contributed by atoms with van der Waals surface area (Å²) in [5.74, 6) is 0.408. The zero-order valence-corrected chi connectivity index (χ0v) is 14.2. The van der Waals surface area contributed by atoms with E-state index in [9.17, 15) is 9.90 Å². The van der Waals surface area contributed by atoms with Gasteiger partial charge in [-0.15, -0.1) is 0 Å². The van der Waals surface area contributed by atoms with Gasteiger partial charge in [-0.3, -0.25) is 0 Å². The van der Waals surface area contributed by atoms with Gasteiger partial charge in [0.15, 0.2) is 5.82 Å². The predicted octanol–water partition coefficient (Wildman–Crippen LogP) is 2.18. The lowest BCUT2D eigenvalue weighted by molar-refractivity contribution is 0.0525. The second kappa shape index (κ2) is 7.17. The number of rotatable bonds is 5. The van der Waals surface area contributed by atoms with E-state index in [2.05, 4.69) is 15.4 Å². The molecule has 2 heterocycles. The van der Waals surface area contributed by atoms with Crippen molar-refractivity contribution in [3.8, 4) is 0 Å². The largest absolute Gasteiger partial charge is 0.462 e. The number of nitrogens with one attached hydrogen (secondary N) is 1. The van der Waals surface area contributed by atoms with Crippen LogP contribution >= 0.6 is 0 Å². The average molecular weight is 332 g/mol. The highest BCUT2D eigenvalue weighted by Gasteiger charge is 2.23. The number of fused-ring (bicyclic) bond motifs is 1. The van der Waals surface area contributed by atoms with Gasteiger partial charge in [-0.25, -0.2) is 14.3 Å². The van der Waals surface area contributed by atoms with Crippen LogP contribution in [0, 0.1) is 0 Å². The van der Waals surface area contributed by atoms with Crippen molar-refractivity contribution in [2.24, 2.45) is 0 Å². The van der Waals surface area contributed by atoms with Crippen LogP contribution in [0.1, 0.15) is 55.5 Å². The molecule has 0 saturated heterocycles. The molecule has 7 nitrogen and oxygen atoms in total. The molecule has 0 aliphatic heterocycles. The third kappa shape index (κ3) is 3.21. The number of nitrogens with zero attached hydrogens (tertiary/aromatic N) is 3. The Labute approximate surface area is 141 Å². The number of anilines is 1. The van der Waals surface area contributed by atoms with Crippen molar-refractivity contribution in [2.45, 2.75) is 58.1 Å². The number of ether oxygens (including phenoxy) is 1. The van der Waals surface area contributed by atoms with E-state index >= 15 is 0 Å². The molecule has 1 saturated carbocycles. The number of aryl methyl sites for hydroxylation is 1. The van der Waals surface area contributed by atoms with Crippen LogP contribution in [0.3, 0.4) is 0 Å². The topological polar surface area (TPSA) is 88.8 Å². The van der Waals surface area contributed by atoms with Gasteiger partial charge in [-0.1, -0.05) is 6.92 Å². The van der Waals surface area contributed by atoms with Crippen molar-refractivity contribution in [2.75, 3.05) is 11.9 Å². The molecule has 2 aromatic heterocycles. The van der Waals surface area contributed by atoms with E-state index in [-0.39, 0.29) is 18.1 Å². The smallest absolute Gasteiger partial charge is 0.340 e. The number of hydrogen-bond acceptors (Lipinski definition) is 6. The zero-order chi connectivity index (χ0) is 17.1. The molecule has 0 bridgehead atoms. The van der Waals surface area contributed by atoms with E-state index in [1.807, 2.05) is 6.92 Å². The van der Waals surface area contributed by atoms with Crippen LogP contribution in [0.4, 0.5) is 5.82 Å². The number of carbonyl (C=O) groups excluding carboxylic acids is 1. The standard InChI is InChI=1S/C17H24N4O3/c1-3-13-14(17(23)24-4-2)9-21-15(13)16(18-10-19-21)20-11-5-7-12(22)8-6-11/h9-12,22H,3-8H2,1-2H3,(H,18,19,20). The summed E-state index contributed by atoms with van der Waals surface area (Å²) in [6.07, 6.45) is 7.11. The van der Waals surface area contributed by atoms with Gasteiger partial charge in [0.2, 0.25) is 0 Å². The fourth-order valence-corrected chi connectivity index (χ4v) is 3.34. The second-order valence-corrected chi connectivity index (χ2v) is 6.15. The summed E-state index contributed by atoms with van der Waals surface area (Å²) in [7, 11) is 0. The van der Waals surface area contributed by atoms with Crippen LogP contribution in [-0.4, -0.2) is 44.4 Å². The summed E-state index contributed by atoms with van der Waals surface area (Å²) in [4.78, 5) is 16.6. The summed E-state index contributed by atoms with van der Waals surface area (Å²) in [5.41, 5.74) is 2.27. The molecule has 3 rings (SSSR count). The normalized spacial score (nSPS) is 21.0. The van der Waals surface area contributed by atoms with E-state index in [4.69, 9.17) is 4.74 Å². The Morgan fingerprint density at radius 3 is 2.79 bits per heavy atom. The fraction of sp³-hybridized carbons (Fsp3) is 0.588. The Morgan fingerprint density at radius 2 is 2.12 bits per heavy atom. The van der Waals surface area contributed by atoms with Gasteiger partial charge in [-0.2, -0.15) is 5.10 Å². The summed E-state index contributed by atoms with van der Waals surface area (Å²) < 4.78 is 6.85. The molecule has 2 aromatic rings. The molecular weight excluding hydrogens is 308 g/mol. The Kier molecular flexibility index (Phi) is 4.99. The Balaban J connectivity index is 1.95. The molecule has 0 atom stereocenters. The highest BCUT2D eigenvalue weighted by atomic mass is 16.5. The Bertz CT molecular complexity index is 720. The molecule has 130 valence electrons. The molecule has 1 aliphatic carbocycles. The van der Waals surface area contributed by atoms with Crippen molar-refractivity contribution in [1.29, 1.82) is 0 Å². The van der Waals surface area contributed by atoms with Crippen LogP contribution in [0.5, 0.6) is 0 Å². The molecule has 0 unspecified atom stereocenters. The molecule has 0 aromatic carbocycles. The Hall–Kier alpha value is -2.15. The molecule has 0 amide bonds. The number of aromatic nitrogens is 3. The van der Waals surface area contributed by atoms with Crippen LogP contribution in [0.2, 0.25) is 0 Å². The van der Waals surface area contributed by atoms with Crippen LogP contribution < -0.4 is 5.32 Å². The summed E-state index contributed by atoms with van der Waals surface area (Å²) in [6.45, 7) is 4.14. The highest BCUT2D eigenvalue weighted by molar-refractivity contribution is 5.95. The van der Waals surface area contributed by atoms with Crippen molar-refractivity contribution >= 4 is 17.3 Å². The van der Waals surface area contributed by atoms with Gasteiger partial charge in [-0.05, 0) is 44.6 Å². The lowest BCUT2D eigenvalue weighted by atomic mass is 9.93. The van der Waals surface area contributed by atoms with Crippen molar-refractivity contribution in [1.82, 2.24) is 14.6 Å². The SMILES string of the molecule is CCOC(=O)c1cn2ncnc(NC3CCC(O)CC3)c2c1CC. The maximum atomic E-state index is 12.2. The van der Waals surface area contributed by atoms with Crippen molar-refractivity contribution in [3.05, 3.63) is 23.7 Å². The first-order chi connectivity index (χ1) is 11.6. The van der Waals surface area contributed by atoms with Crippen LogP contribution in [-0.2, 0) is 11.2 Å². The molecule has 7 heteroatoms. The molecule has 0 spiro atoms. The number of hydrogen-bond donors (Lipinski definition) is 2. The number of aliphatic hydroxyl groups excluding tert-OH is 1. The van der Waals surface area contributed by atoms with Gasteiger partial charge in [0.1, 0.15) is 11.8 Å².